The smallest absolute Gasteiger partial charge is 0.387 e. The van der Waals surface area contributed by atoms with Crippen molar-refractivity contribution >= 4 is 32.5 Å². The molecule has 184 valence electrons. The summed E-state index contributed by atoms with van der Waals surface area (Å²) >= 11 is 6.56. The van der Waals surface area contributed by atoms with Crippen LogP contribution in [-0.2, 0) is 10.0 Å². The Balaban J connectivity index is 2.14. The fourth-order valence-electron chi connectivity index (χ4n) is 3.60. The summed E-state index contributed by atoms with van der Waals surface area (Å²) in [6, 6.07) is 6.55. The molecule has 1 aromatic carbocycles. The van der Waals surface area contributed by atoms with Gasteiger partial charge < -0.3 is 14.2 Å². The average Bonchev–Trinajstić information content (AvgIpc) is 3.20. The molecule has 4 aromatic rings. The zero-order chi connectivity index (χ0) is 25.5. The maximum Gasteiger partial charge on any atom is 0.387 e. The second-order valence-corrected chi connectivity index (χ2v) is 9.08. The first-order valence-corrected chi connectivity index (χ1v) is 11.7. The lowest BCUT2D eigenvalue weighted by Gasteiger charge is -2.15. The molecule has 0 aliphatic heterocycles. The van der Waals surface area contributed by atoms with Crippen molar-refractivity contribution in [3.8, 4) is 34.7 Å². The van der Waals surface area contributed by atoms with Crippen LogP contribution in [0.15, 0.2) is 41.6 Å². The minimum atomic E-state index is -4.22. The van der Waals surface area contributed by atoms with Crippen molar-refractivity contribution in [3.05, 3.63) is 47.2 Å². The number of aryl methyl sites for hydroxylation is 1. The second kappa shape index (κ2) is 9.24. The Labute approximate surface area is 203 Å². The van der Waals surface area contributed by atoms with Crippen molar-refractivity contribution < 1.29 is 31.4 Å². The molecule has 14 heteroatoms. The molecule has 10 nitrogen and oxygen atoms in total. The number of hydrogen-bond donors (Lipinski definition) is 1. The molecule has 2 N–H and O–H groups in total. The van der Waals surface area contributed by atoms with Crippen molar-refractivity contribution in [1.82, 2.24) is 19.5 Å². The quantitative estimate of drug-likeness (QED) is 0.386. The zero-order valence-electron chi connectivity index (χ0n) is 18.5. The van der Waals surface area contributed by atoms with Crippen LogP contribution < -0.4 is 19.3 Å². The highest BCUT2D eigenvalue weighted by atomic mass is 35.5. The van der Waals surface area contributed by atoms with Crippen LogP contribution in [0.4, 0.5) is 8.78 Å². The molecule has 0 fully saturated rings. The fourth-order valence-corrected chi connectivity index (χ4v) is 4.56. The number of hydrogen-bond acceptors (Lipinski definition) is 8. The Morgan fingerprint density at radius 2 is 1.77 bits per heavy atom. The number of fused-ring (bicyclic) bond motifs is 1. The van der Waals surface area contributed by atoms with E-state index in [1.54, 1.807) is 12.3 Å². The number of methoxy groups -OCH3 is 2. The molecule has 0 saturated heterocycles. The normalized spacial score (nSPS) is 11.8. The first-order valence-electron chi connectivity index (χ1n) is 9.80. The number of pyridine rings is 1. The molecule has 35 heavy (non-hydrogen) atoms. The van der Waals surface area contributed by atoms with E-state index in [0.29, 0.717) is 11.3 Å². The van der Waals surface area contributed by atoms with Gasteiger partial charge in [0.15, 0.2) is 0 Å². The molecule has 0 spiro atoms. The first kappa shape index (κ1) is 24.6. The van der Waals surface area contributed by atoms with Crippen LogP contribution in [0.25, 0.3) is 28.1 Å². The third kappa shape index (κ3) is 4.45. The Morgan fingerprint density at radius 1 is 1.11 bits per heavy atom. The summed E-state index contributed by atoms with van der Waals surface area (Å²) in [5.74, 6) is -1.46. The molecule has 3 heterocycles. The Morgan fingerprint density at radius 3 is 2.31 bits per heavy atom. The van der Waals surface area contributed by atoms with Gasteiger partial charge in [-0.25, -0.2) is 13.6 Å². The summed E-state index contributed by atoms with van der Waals surface area (Å²) in [7, 11) is -1.85. The predicted molar refractivity (Wildman–Crippen MR) is 123 cm³/mol. The number of rotatable bonds is 7. The number of alkyl halides is 2. The molecule has 4 rings (SSSR count). The number of nitrogens with zero attached hydrogens (tertiary/aromatic N) is 4. The second-order valence-electron chi connectivity index (χ2n) is 7.15. The Hall–Kier alpha value is -3.55. The van der Waals surface area contributed by atoms with Crippen LogP contribution in [0.3, 0.4) is 0 Å². The third-order valence-electron chi connectivity index (χ3n) is 5.03. The number of primary sulfonamides is 1. The van der Waals surface area contributed by atoms with Crippen molar-refractivity contribution in [2.75, 3.05) is 14.2 Å². The zero-order valence-corrected chi connectivity index (χ0v) is 20.1. The highest BCUT2D eigenvalue weighted by Gasteiger charge is 2.27. The minimum Gasteiger partial charge on any atom is -0.478 e. The highest BCUT2D eigenvalue weighted by Crippen LogP contribution is 2.41. The number of aromatic nitrogens is 4. The summed E-state index contributed by atoms with van der Waals surface area (Å²) in [4.78, 5) is 12.5. The summed E-state index contributed by atoms with van der Waals surface area (Å²) < 4.78 is 66.7. The van der Waals surface area contributed by atoms with Crippen molar-refractivity contribution in [2.45, 2.75) is 18.4 Å². The molecular weight excluding hydrogens is 508 g/mol. The van der Waals surface area contributed by atoms with Crippen LogP contribution in [0.1, 0.15) is 5.56 Å². The van der Waals surface area contributed by atoms with Crippen LogP contribution in [0, 0.1) is 6.92 Å². The largest absolute Gasteiger partial charge is 0.478 e. The van der Waals surface area contributed by atoms with Crippen LogP contribution in [0.2, 0.25) is 5.02 Å². The van der Waals surface area contributed by atoms with Gasteiger partial charge in [-0.05, 0) is 30.7 Å². The molecule has 3 aromatic heterocycles. The highest BCUT2D eigenvalue weighted by molar-refractivity contribution is 7.89. The molecular formula is C21H18ClF2N5O5S. The van der Waals surface area contributed by atoms with E-state index >= 15 is 0 Å². The number of ether oxygens (including phenoxy) is 3. The maximum atomic E-state index is 12.9. The summed E-state index contributed by atoms with van der Waals surface area (Å²) in [6.07, 6.45) is 2.75. The number of halogens is 3. The van der Waals surface area contributed by atoms with E-state index in [9.17, 15) is 17.2 Å². The molecule has 0 bridgehead atoms. The minimum absolute atomic E-state index is 0.183. The predicted octanol–water partition coefficient (Wildman–Crippen LogP) is 3.71. The van der Waals surface area contributed by atoms with E-state index in [1.807, 2.05) is 13.0 Å². The van der Waals surface area contributed by atoms with E-state index in [2.05, 4.69) is 19.7 Å². The third-order valence-corrected chi connectivity index (χ3v) is 6.29. The molecule has 0 radical (unpaired) electrons. The van der Waals surface area contributed by atoms with Crippen molar-refractivity contribution in [2.24, 2.45) is 5.14 Å². The first-order chi connectivity index (χ1) is 16.6. The lowest BCUT2D eigenvalue weighted by molar-refractivity contribution is -0.0534. The Bertz CT molecular complexity index is 1520. The van der Waals surface area contributed by atoms with Gasteiger partial charge in [-0.2, -0.15) is 18.7 Å². The monoisotopic (exact) mass is 525 g/mol. The lowest BCUT2D eigenvalue weighted by Crippen LogP contribution is -2.12. The summed E-state index contributed by atoms with van der Waals surface area (Å²) in [6.45, 7) is -1.39. The number of sulfonamides is 1. The molecule has 0 aliphatic rings. The van der Waals surface area contributed by atoms with Gasteiger partial charge >= 0.3 is 6.61 Å². The van der Waals surface area contributed by atoms with E-state index < -0.39 is 22.4 Å². The SMILES string of the molecule is COc1nc(-n2cc(S(N)(=O)=O)c3ccc(Cl)c(-c4ncccc4C)c32)nc(OC)c1OC(F)F. The summed E-state index contributed by atoms with van der Waals surface area (Å²) in [5.41, 5.74) is 1.87. The van der Waals surface area contributed by atoms with Crippen molar-refractivity contribution in [1.29, 1.82) is 0 Å². The van der Waals surface area contributed by atoms with Gasteiger partial charge in [0, 0.05) is 23.3 Å². The van der Waals surface area contributed by atoms with Crippen molar-refractivity contribution in [3.63, 3.8) is 0 Å². The van der Waals surface area contributed by atoms with Gasteiger partial charge in [0.1, 0.15) is 4.90 Å². The molecule has 0 saturated carbocycles. The van der Waals surface area contributed by atoms with Gasteiger partial charge in [-0.3, -0.25) is 9.55 Å². The van der Waals surface area contributed by atoms with Crippen LogP contribution in [-0.4, -0.2) is 48.8 Å². The number of benzene rings is 1. The van der Waals surface area contributed by atoms with Gasteiger partial charge in [-0.1, -0.05) is 17.7 Å². The molecule has 0 unspecified atom stereocenters. The van der Waals surface area contributed by atoms with E-state index in [-0.39, 0.29) is 38.5 Å². The summed E-state index contributed by atoms with van der Waals surface area (Å²) in [5, 5.41) is 5.95. The molecule has 0 amide bonds. The van der Waals surface area contributed by atoms with Gasteiger partial charge in [0.2, 0.25) is 21.7 Å². The molecule has 0 atom stereocenters. The lowest BCUT2D eigenvalue weighted by atomic mass is 10.0. The maximum absolute atomic E-state index is 12.9. The fraction of sp³-hybridized carbons (Fsp3) is 0.190. The van der Waals surface area contributed by atoms with E-state index in [1.165, 1.54) is 37.1 Å². The van der Waals surface area contributed by atoms with Gasteiger partial charge in [0.25, 0.3) is 11.8 Å². The van der Waals surface area contributed by atoms with Crippen LogP contribution in [0.5, 0.6) is 17.5 Å². The van der Waals surface area contributed by atoms with E-state index in [0.717, 1.165) is 5.56 Å². The standard InChI is InChI=1S/C21H18ClF2N5O5S/c1-10-5-4-8-26-15(10)14-12(22)7-6-11-13(35(25,30)31)9-29(16(11)14)21-27-18(32-2)17(34-20(23)24)19(28-21)33-3/h4-9,20H,1-3H3,(H2,25,30,31). The average molecular weight is 526 g/mol. The van der Waals surface area contributed by atoms with Crippen LogP contribution >= 0.6 is 11.6 Å². The van der Waals surface area contributed by atoms with Gasteiger partial charge in [0.05, 0.1) is 30.5 Å². The Kier molecular flexibility index (Phi) is 6.49. The van der Waals surface area contributed by atoms with E-state index in [4.69, 9.17) is 26.2 Å². The van der Waals surface area contributed by atoms with Gasteiger partial charge in [-0.15, -0.1) is 0 Å². The number of nitrogens with two attached hydrogens (primary N) is 1. The molecule has 0 aliphatic carbocycles. The topological polar surface area (TPSA) is 131 Å².